The Morgan fingerprint density at radius 2 is 1.18 bits per heavy atom. The van der Waals surface area contributed by atoms with Crippen molar-refractivity contribution in [2.75, 3.05) is 19.0 Å². The minimum absolute atomic E-state index is 1.25. The van der Waals surface area contributed by atoms with Gasteiger partial charge in [0.1, 0.15) is 0 Å². The number of rotatable bonds is 3. The van der Waals surface area contributed by atoms with Gasteiger partial charge >= 0.3 is 0 Å². The molecule has 0 heterocycles. The van der Waals surface area contributed by atoms with E-state index in [4.69, 9.17) is 0 Å². The monoisotopic (exact) mass is 287 g/mol. The van der Waals surface area contributed by atoms with Gasteiger partial charge in [-0.15, -0.1) is 0 Å². The first-order valence-corrected chi connectivity index (χ1v) is 7.59. The third kappa shape index (κ3) is 2.75. The maximum atomic E-state index is 2.21. The van der Waals surface area contributed by atoms with Crippen molar-refractivity contribution in [1.82, 2.24) is 0 Å². The summed E-state index contributed by atoms with van der Waals surface area (Å²) in [6, 6.07) is 25.8. The zero-order valence-corrected chi connectivity index (χ0v) is 13.4. The molecule has 3 rings (SSSR count). The molecule has 0 fully saturated rings. The van der Waals surface area contributed by atoms with Gasteiger partial charge in [-0.2, -0.15) is 0 Å². The van der Waals surface area contributed by atoms with E-state index in [9.17, 15) is 0 Å². The van der Waals surface area contributed by atoms with Crippen molar-refractivity contribution < 1.29 is 0 Å². The van der Waals surface area contributed by atoms with Crippen molar-refractivity contribution in [3.63, 3.8) is 0 Å². The fourth-order valence-electron chi connectivity index (χ4n) is 2.96. The van der Waals surface area contributed by atoms with Crippen LogP contribution in [0.25, 0.3) is 22.3 Å². The van der Waals surface area contributed by atoms with Crippen LogP contribution in [0.3, 0.4) is 0 Å². The van der Waals surface area contributed by atoms with E-state index in [0.717, 1.165) is 0 Å². The van der Waals surface area contributed by atoms with Gasteiger partial charge in [-0.3, -0.25) is 0 Å². The molecule has 0 aromatic heterocycles. The van der Waals surface area contributed by atoms with Gasteiger partial charge in [0.05, 0.1) is 0 Å². The Morgan fingerprint density at radius 3 is 1.82 bits per heavy atom. The highest BCUT2D eigenvalue weighted by molar-refractivity contribution is 5.81. The first-order valence-electron chi connectivity index (χ1n) is 7.59. The minimum Gasteiger partial charge on any atom is -0.377 e. The number of hydrogen-bond acceptors (Lipinski definition) is 1. The van der Waals surface area contributed by atoms with Crippen LogP contribution in [-0.4, -0.2) is 14.1 Å². The van der Waals surface area contributed by atoms with E-state index in [0.29, 0.717) is 0 Å². The van der Waals surface area contributed by atoms with Gasteiger partial charge in [0.15, 0.2) is 0 Å². The smallest absolute Gasteiger partial charge is 0.0470 e. The molecule has 0 aliphatic rings. The van der Waals surface area contributed by atoms with Crippen LogP contribution < -0.4 is 4.90 Å². The Morgan fingerprint density at radius 1 is 0.591 bits per heavy atom. The molecule has 0 bridgehead atoms. The molecule has 0 saturated carbocycles. The molecule has 0 radical (unpaired) electrons. The summed E-state index contributed by atoms with van der Waals surface area (Å²) < 4.78 is 0. The van der Waals surface area contributed by atoms with Crippen LogP contribution in [0.4, 0.5) is 5.69 Å². The highest BCUT2D eigenvalue weighted by Crippen LogP contribution is 2.33. The van der Waals surface area contributed by atoms with Crippen molar-refractivity contribution in [2.24, 2.45) is 0 Å². The number of benzene rings is 3. The molecular weight excluding hydrogens is 266 g/mol. The van der Waals surface area contributed by atoms with E-state index in [-0.39, 0.29) is 0 Å². The summed E-state index contributed by atoms with van der Waals surface area (Å²) in [6.07, 6.45) is 0. The van der Waals surface area contributed by atoms with Gasteiger partial charge in [-0.25, -0.2) is 0 Å². The minimum atomic E-state index is 1.25. The predicted molar refractivity (Wildman–Crippen MR) is 96.4 cm³/mol. The second-order valence-corrected chi connectivity index (χ2v) is 5.81. The zero-order chi connectivity index (χ0) is 15.5. The number of nitrogens with zero attached hydrogens (tertiary/aromatic N) is 1. The standard InChI is InChI=1S/C21H21N/c1-16-8-7-11-20(21(16)22(2)3)19-14-12-18(13-15-19)17-9-5-4-6-10-17/h4-15H,1-3H3. The molecule has 3 aromatic rings. The molecule has 0 N–H and O–H groups in total. The van der Waals surface area contributed by atoms with Crippen LogP contribution in [-0.2, 0) is 0 Å². The topological polar surface area (TPSA) is 3.24 Å². The quantitative estimate of drug-likeness (QED) is 0.624. The predicted octanol–water partition coefficient (Wildman–Crippen LogP) is 5.40. The van der Waals surface area contributed by atoms with Crippen molar-refractivity contribution in [2.45, 2.75) is 6.92 Å². The molecule has 0 aliphatic carbocycles. The van der Waals surface area contributed by atoms with Crippen molar-refractivity contribution >= 4 is 5.69 Å². The van der Waals surface area contributed by atoms with Crippen LogP contribution in [0.1, 0.15) is 5.56 Å². The Kier molecular flexibility index (Phi) is 3.97. The van der Waals surface area contributed by atoms with E-state index < -0.39 is 0 Å². The average Bonchev–Trinajstić information content (AvgIpc) is 2.55. The molecule has 0 saturated heterocycles. The van der Waals surface area contributed by atoms with Crippen LogP contribution >= 0.6 is 0 Å². The highest BCUT2D eigenvalue weighted by Gasteiger charge is 2.09. The zero-order valence-electron chi connectivity index (χ0n) is 13.4. The second-order valence-electron chi connectivity index (χ2n) is 5.81. The van der Waals surface area contributed by atoms with E-state index in [1.54, 1.807) is 0 Å². The molecule has 1 heteroatoms. The number of hydrogen-bond donors (Lipinski definition) is 0. The Labute approximate surface area is 132 Å². The van der Waals surface area contributed by atoms with Crippen LogP contribution in [0.15, 0.2) is 72.8 Å². The number of para-hydroxylation sites is 1. The van der Waals surface area contributed by atoms with Gasteiger partial charge in [0, 0.05) is 25.3 Å². The summed E-state index contributed by atoms with van der Waals surface area (Å²) in [5, 5.41) is 0. The lowest BCUT2D eigenvalue weighted by Gasteiger charge is -2.20. The largest absolute Gasteiger partial charge is 0.377 e. The average molecular weight is 287 g/mol. The number of aryl methyl sites for hydroxylation is 1. The second kappa shape index (κ2) is 6.07. The molecule has 110 valence electrons. The Hall–Kier alpha value is -2.54. The van der Waals surface area contributed by atoms with E-state index >= 15 is 0 Å². The van der Waals surface area contributed by atoms with Crippen molar-refractivity contribution in [1.29, 1.82) is 0 Å². The van der Waals surface area contributed by atoms with E-state index in [1.807, 2.05) is 6.07 Å². The van der Waals surface area contributed by atoms with Crippen LogP contribution in [0.5, 0.6) is 0 Å². The summed E-state index contributed by atoms with van der Waals surface area (Å²) in [6.45, 7) is 2.16. The maximum absolute atomic E-state index is 2.21. The van der Waals surface area contributed by atoms with E-state index in [1.165, 1.54) is 33.5 Å². The van der Waals surface area contributed by atoms with Crippen molar-refractivity contribution in [3.05, 3.63) is 78.4 Å². The lowest BCUT2D eigenvalue weighted by Crippen LogP contribution is -2.11. The van der Waals surface area contributed by atoms with Gasteiger partial charge in [-0.1, -0.05) is 72.8 Å². The summed E-state index contributed by atoms with van der Waals surface area (Å²) in [4.78, 5) is 2.19. The van der Waals surface area contributed by atoms with Crippen LogP contribution in [0.2, 0.25) is 0 Å². The first kappa shape index (κ1) is 14.4. The molecule has 1 nitrogen and oxygen atoms in total. The summed E-state index contributed by atoms with van der Waals surface area (Å²) >= 11 is 0. The fourth-order valence-corrected chi connectivity index (χ4v) is 2.96. The Balaban J connectivity index is 2.03. The Bertz CT molecular complexity index is 756. The molecule has 0 amide bonds. The lowest BCUT2D eigenvalue weighted by atomic mass is 9.97. The molecule has 22 heavy (non-hydrogen) atoms. The SMILES string of the molecule is Cc1cccc(-c2ccc(-c3ccccc3)cc2)c1N(C)C. The first-order chi connectivity index (χ1) is 10.7. The van der Waals surface area contributed by atoms with E-state index in [2.05, 4.69) is 92.6 Å². The summed E-state index contributed by atoms with van der Waals surface area (Å²) in [5.41, 5.74) is 7.64. The fraction of sp³-hybridized carbons (Fsp3) is 0.143. The normalized spacial score (nSPS) is 10.5. The van der Waals surface area contributed by atoms with Crippen LogP contribution in [0, 0.1) is 6.92 Å². The summed E-state index contributed by atoms with van der Waals surface area (Å²) in [5.74, 6) is 0. The van der Waals surface area contributed by atoms with Gasteiger partial charge in [0.2, 0.25) is 0 Å². The van der Waals surface area contributed by atoms with Crippen molar-refractivity contribution in [3.8, 4) is 22.3 Å². The number of anilines is 1. The third-order valence-electron chi connectivity index (χ3n) is 3.99. The molecule has 0 atom stereocenters. The summed E-state index contributed by atoms with van der Waals surface area (Å²) in [7, 11) is 4.20. The lowest BCUT2D eigenvalue weighted by molar-refractivity contribution is 1.12. The third-order valence-corrected chi connectivity index (χ3v) is 3.99. The molecule has 3 aromatic carbocycles. The van der Waals surface area contributed by atoms with Gasteiger partial charge in [-0.05, 0) is 29.2 Å². The van der Waals surface area contributed by atoms with Gasteiger partial charge in [0.25, 0.3) is 0 Å². The molecule has 0 spiro atoms. The highest BCUT2D eigenvalue weighted by atomic mass is 15.1. The molecular formula is C21H21N. The van der Waals surface area contributed by atoms with Gasteiger partial charge < -0.3 is 4.90 Å². The maximum Gasteiger partial charge on any atom is 0.0470 e. The molecule has 0 aliphatic heterocycles. The molecule has 0 unspecified atom stereocenters.